The van der Waals surface area contributed by atoms with E-state index >= 15 is 0 Å². The number of hydroxylamine groups is 1. The summed E-state index contributed by atoms with van der Waals surface area (Å²) in [5.74, 6) is 0.0989. The van der Waals surface area contributed by atoms with Crippen molar-refractivity contribution in [3.63, 3.8) is 0 Å². The molecule has 0 saturated carbocycles. The highest BCUT2D eigenvalue weighted by Gasteiger charge is 2.33. The Morgan fingerprint density at radius 1 is 1.33 bits per heavy atom. The number of aromatic nitrogens is 4. The van der Waals surface area contributed by atoms with E-state index in [9.17, 15) is 4.39 Å². The first kappa shape index (κ1) is 20.9. The minimum absolute atomic E-state index is 0.0369. The van der Waals surface area contributed by atoms with Gasteiger partial charge in [0.05, 0.1) is 11.2 Å². The molecule has 0 bridgehead atoms. The molecule has 0 radical (unpaired) electrons. The predicted octanol–water partition coefficient (Wildman–Crippen LogP) is 3.58. The highest BCUT2D eigenvalue weighted by Crippen LogP contribution is 2.29. The Kier molecular flexibility index (Phi) is 5.88. The molecular formula is C20H25ClFN7O. The third kappa shape index (κ3) is 4.24. The number of likely N-dealkylation sites (tertiary alicyclic amines) is 1. The number of hydrogen-bond acceptors (Lipinski definition) is 7. The number of nitrogens with zero attached hydrogens (tertiary/aromatic N) is 4. The molecular weight excluding hydrogens is 409 g/mol. The summed E-state index contributed by atoms with van der Waals surface area (Å²) in [5.41, 5.74) is 3.68. The second-order valence-corrected chi connectivity index (χ2v) is 8.26. The fourth-order valence-electron chi connectivity index (χ4n) is 3.85. The van der Waals surface area contributed by atoms with Crippen molar-refractivity contribution in [1.29, 1.82) is 0 Å². The molecule has 160 valence electrons. The third-order valence-electron chi connectivity index (χ3n) is 5.36. The molecule has 3 aromatic rings. The number of pyridine rings is 1. The molecule has 10 heteroatoms. The number of fused-ring (bicyclic) bond motifs is 1. The van der Waals surface area contributed by atoms with Crippen molar-refractivity contribution in [3.05, 3.63) is 35.5 Å². The number of H-pyrrole nitrogens is 1. The largest absolute Gasteiger partial charge is 0.363 e. The van der Waals surface area contributed by atoms with Crippen molar-refractivity contribution in [2.24, 2.45) is 0 Å². The summed E-state index contributed by atoms with van der Waals surface area (Å²) in [5, 5.41) is 4.56. The van der Waals surface area contributed by atoms with Crippen molar-refractivity contribution in [2.45, 2.75) is 38.5 Å². The monoisotopic (exact) mass is 433 g/mol. The first-order chi connectivity index (χ1) is 14.4. The Hall–Kier alpha value is -2.33. The van der Waals surface area contributed by atoms with Crippen molar-refractivity contribution in [3.8, 4) is 11.4 Å². The Labute approximate surface area is 179 Å². The highest BCUT2D eigenvalue weighted by molar-refractivity contribution is 6.31. The van der Waals surface area contributed by atoms with Gasteiger partial charge in [-0.05, 0) is 32.8 Å². The van der Waals surface area contributed by atoms with Gasteiger partial charge in [-0.3, -0.25) is 9.74 Å². The Morgan fingerprint density at radius 3 is 2.97 bits per heavy atom. The molecule has 8 nitrogen and oxygen atoms in total. The summed E-state index contributed by atoms with van der Waals surface area (Å²) < 4.78 is 14.5. The number of anilines is 1. The summed E-state index contributed by atoms with van der Waals surface area (Å²) in [6.07, 6.45) is 6.40. The number of nitrogens with one attached hydrogen (secondary N) is 3. The summed E-state index contributed by atoms with van der Waals surface area (Å²) in [6.45, 7) is 5.63. The molecule has 1 saturated heterocycles. The molecule has 4 rings (SSSR count). The van der Waals surface area contributed by atoms with E-state index in [1.807, 2.05) is 13.8 Å². The van der Waals surface area contributed by atoms with Gasteiger partial charge < -0.3 is 10.3 Å². The van der Waals surface area contributed by atoms with Crippen molar-refractivity contribution in [2.75, 3.05) is 25.5 Å². The highest BCUT2D eigenvalue weighted by atomic mass is 35.5. The van der Waals surface area contributed by atoms with Gasteiger partial charge in [0.15, 0.2) is 17.5 Å². The normalized spacial score (nSPS) is 18.1. The van der Waals surface area contributed by atoms with E-state index in [0.29, 0.717) is 23.0 Å². The SMILES string of the molecule is CNOC(C)(C)N1CCCC(Nc2nc(-c3c[nH]c4ncc(Cl)cc34)ncc2F)C1. The molecule has 1 aliphatic heterocycles. The number of rotatable bonds is 6. The van der Waals surface area contributed by atoms with Gasteiger partial charge in [-0.15, -0.1) is 0 Å². The van der Waals surface area contributed by atoms with Crippen LogP contribution in [0.1, 0.15) is 26.7 Å². The number of aromatic amines is 1. The minimum Gasteiger partial charge on any atom is -0.363 e. The fourth-order valence-corrected chi connectivity index (χ4v) is 4.01. The van der Waals surface area contributed by atoms with E-state index in [1.54, 1.807) is 25.5 Å². The van der Waals surface area contributed by atoms with Crippen molar-refractivity contribution < 1.29 is 9.23 Å². The lowest BCUT2D eigenvalue weighted by Gasteiger charge is -2.42. The quantitative estimate of drug-likeness (QED) is 0.512. The first-order valence-electron chi connectivity index (χ1n) is 9.89. The van der Waals surface area contributed by atoms with Gasteiger partial charge in [0.2, 0.25) is 0 Å². The van der Waals surface area contributed by atoms with Crippen LogP contribution in [-0.2, 0) is 4.84 Å². The standard InChI is InChI=1S/C20H25ClFN7O/c1-20(2,30-23-3)29-6-4-5-13(11-29)27-19-16(22)10-26-18(28-19)15-9-25-17-14(15)7-12(21)8-24-17/h7-10,13,23H,4-6,11H2,1-3H3,(H,24,25)(H,26,27,28). The number of halogens is 2. The molecule has 0 aromatic carbocycles. The van der Waals surface area contributed by atoms with Crippen LogP contribution in [0, 0.1) is 5.82 Å². The average molecular weight is 434 g/mol. The molecule has 0 amide bonds. The molecule has 1 aliphatic rings. The van der Waals surface area contributed by atoms with Crippen molar-refractivity contribution >= 4 is 28.5 Å². The van der Waals surface area contributed by atoms with E-state index in [-0.39, 0.29) is 11.9 Å². The van der Waals surface area contributed by atoms with Gasteiger partial charge >= 0.3 is 0 Å². The predicted molar refractivity (Wildman–Crippen MR) is 115 cm³/mol. The zero-order valence-electron chi connectivity index (χ0n) is 17.2. The fraction of sp³-hybridized carbons (Fsp3) is 0.450. The third-order valence-corrected chi connectivity index (χ3v) is 5.57. The van der Waals surface area contributed by atoms with E-state index in [1.165, 1.54) is 6.20 Å². The molecule has 30 heavy (non-hydrogen) atoms. The van der Waals surface area contributed by atoms with Crippen molar-refractivity contribution in [1.82, 2.24) is 30.3 Å². The van der Waals surface area contributed by atoms with Crippen LogP contribution < -0.4 is 10.8 Å². The minimum atomic E-state index is -0.488. The summed E-state index contributed by atoms with van der Waals surface area (Å²) >= 11 is 6.08. The van der Waals surface area contributed by atoms with E-state index in [4.69, 9.17) is 16.4 Å². The summed E-state index contributed by atoms with van der Waals surface area (Å²) in [7, 11) is 1.74. The van der Waals surface area contributed by atoms with Crippen LogP contribution in [0.3, 0.4) is 0 Å². The van der Waals surface area contributed by atoms with Gasteiger partial charge in [0.25, 0.3) is 0 Å². The Morgan fingerprint density at radius 2 is 2.17 bits per heavy atom. The second kappa shape index (κ2) is 8.43. The van der Waals surface area contributed by atoms with Crippen LogP contribution in [-0.4, -0.2) is 56.7 Å². The Balaban J connectivity index is 1.57. The molecule has 0 aliphatic carbocycles. The van der Waals surface area contributed by atoms with Gasteiger partial charge in [-0.1, -0.05) is 11.6 Å². The lowest BCUT2D eigenvalue weighted by Crippen LogP contribution is -2.55. The van der Waals surface area contributed by atoms with Crippen LogP contribution in [0.5, 0.6) is 0 Å². The maximum absolute atomic E-state index is 14.5. The lowest BCUT2D eigenvalue weighted by molar-refractivity contribution is -0.174. The molecule has 1 atom stereocenters. The van der Waals surface area contributed by atoms with Gasteiger partial charge in [0.1, 0.15) is 11.4 Å². The molecule has 1 unspecified atom stereocenters. The smallest absolute Gasteiger partial charge is 0.183 e. The maximum Gasteiger partial charge on any atom is 0.183 e. The lowest BCUT2D eigenvalue weighted by atomic mass is 10.0. The van der Waals surface area contributed by atoms with Crippen LogP contribution in [0.25, 0.3) is 22.4 Å². The van der Waals surface area contributed by atoms with E-state index < -0.39 is 11.5 Å². The van der Waals surface area contributed by atoms with Crippen LogP contribution in [0.4, 0.5) is 10.2 Å². The van der Waals surface area contributed by atoms with Gasteiger partial charge in [0, 0.05) is 49.5 Å². The summed E-state index contributed by atoms with van der Waals surface area (Å²) in [4.78, 5) is 23.8. The topological polar surface area (TPSA) is 91.0 Å². The van der Waals surface area contributed by atoms with E-state index in [0.717, 1.165) is 30.3 Å². The van der Waals surface area contributed by atoms with Crippen LogP contribution in [0.15, 0.2) is 24.7 Å². The molecule has 3 aromatic heterocycles. The number of piperidine rings is 1. The van der Waals surface area contributed by atoms with Crippen LogP contribution in [0.2, 0.25) is 5.02 Å². The molecule has 0 spiro atoms. The second-order valence-electron chi connectivity index (χ2n) is 7.82. The van der Waals surface area contributed by atoms with Gasteiger partial charge in [-0.2, -0.15) is 0 Å². The molecule has 3 N–H and O–H groups in total. The van der Waals surface area contributed by atoms with Crippen LogP contribution >= 0.6 is 11.6 Å². The zero-order chi connectivity index (χ0) is 21.3. The zero-order valence-corrected chi connectivity index (χ0v) is 17.9. The number of hydrogen-bond donors (Lipinski definition) is 3. The molecule has 1 fully saturated rings. The van der Waals surface area contributed by atoms with E-state index in [2.05, 4.69) is 35.6 Å². The maximum atomic E-state index is 14.5. The first-order valence-corrected chi connectivity index (χ1v) is 10.3. The average Bonchev–Trinajstić information content (AvgIpc) is 3.13. The Bertz CT molecular complexity index is 1040. The summed E-state index contributed by atoms with van der Waals surface area (Å²) in [6, 6.07) is 1.83. The molecule has 4 heterocycles. The van der Waals surface area contributed by atoms with Gasteiger partial charge in [-0.25, -0.2) is 24.8 Å².